The van der Waals surface area contributed by atoms with Crippen LogP contribution >= 0.6 is 7.82 Å². The van der Waals surface area contributed by atoms with Crippen molar-refractivity contribution in [2.45, 2.75) is 174 Å². The van der Waals surface area contributed by atoms with Gasteiger partial charge in [0, 0.05) is 12.8 Å². The molecule has 0 bridgehead atoms. The number of allylic oxidation sites excluding steroid dienone is 2. The molecular formula is C35H66NO10P. The van der Waals surface area contributed by atoms with Crippen LogP contribution in [0, 0.1) is 0 Å². The Morgan fingerprint density at radius 2 is 1.06 bits per heavy atom. The van der Waals surface area contributed by atoms with E-state index in [2.05, 4.69) is 30.5 Å². The summed E-state index contributed by atoms with van der Waals surface area (Å²) in [5.41, 5.74) is 5.30. The smallest absolute Gasteiger partial charge is 0.472 e. The molecule has 0 heterocycles. The van der Waals surface area contributed by atoms with Crippen LogP contribution in [0.2, 0.25) is 0 Å². The third kappa shape index (κ3) is 31.3. The molecule has 0 spiro atoms. The molecule has 0 aromatic rings. The second-order valence-corrected chi connectivity index (χ2v) is 13.8. The maximum atomic E-state index is 12.5. The average molecular weight is 692 g/mol. The lowest BCUT2D eigenvalue weighted by Crippen LogP contribution is -2.34. The summed E-state index contributed by atoms with van der Waals surface area (Å²) in [4.78, 5) is 45.6. The monoisotopic (exact) mass is 691 g/mol. The molecule has 12 heteroatoms. The molecule has 47 heavy (non-hydrogen) atoms. The molecule has 0 aromatic carbocycles. The number of carbonyl (C=O) groups is 3. The normalized spacial score (nSPS) is 14.1. The van der Waals surface area contributed by atoms with Gasteiger partial charge in [-0.3, -0.25) is 23.4 Å². The molecule has 0 rings (SSSR count). The molecule has 0 aliphatic rings. The Kier molecular flexibility index (Phi) is 30.3. The van der Waals surface area contributed by atoms with Crippen LogP contribution in [0.3, 0.4) is 0 Å². The van der Waals surface area contributed by atoms with Crippen LogP contribution in [0.4, 0.5) is 0 Å². The maximum Gasteiger partial charge on any atom is 0.472 e. The Balaban J connectivity index is 4.46. The second kappa shape index (κ2) is 31.5. The van der Waals surface area contributed by atoms with E-state index in [9.17, 15) is 23.8 Å². The summed E-state index contributed by atoms with van der Waals surface area (Å²) in [6.07, 6.45) is 27.2. The zero-order chi connectivity index (χ0) is 35.0. The summed E-state index contributed by atoms with van der Waals surface area (Å²) in [5.74, 6) is -2.39. The Bertz CT molecular complexity index is 869. The zero-order valence-corrected chi connectivity index (χ0v) is 30.3. The third-order valence-corrected chi connectivity index (χ3v) is 8.71. The van der Waals surface area contributed by atoms with Crippen LogP contribution in [0.5, 0.6) is 0 Å². The minimum Gasteiger partial charge on any atom is -0.480 e. The number of phosphoric acid groups is 1. The predicted octanol–water partition coefficient (Wildman–Crippen LogP) is 8.56. The molecule has 0 radical (unpaired) electrons. The van der Waals surface area contributed by atoms with Gasteiger partial charge >= 0.3 is 25.7 Å². The van der Waals surface area contributed by atoms with E-state index in [1.807, 2.05) is 0 Å². The van der Waals surface area contributed by atoms with Crippen molar-refractivity contribution in [1.29, 1.82) is 0 Å². The quantitative estimate of drug-likeness (QED) is 0.0255. The highest BCUT2D eigenvalue weighted by Gasteiger charge is 2.28. The fourth-order valence-corrected chi connectivity index (χ4v) is 5.60. The van der Waals surface area contributed by atoms with Gasteiger partial charge in [0.25, 0.3) is 0 Å². The maximum absolute atomic E-state index is 12.5. The number of esters is 2. The summed E-state index contributed by atoms with van der Waals surface area (Å²) in [5, 5.41) is 8.84. The van der Waals surface area contributed by atoms with E-state index in [-0.39, 0.29) is 19.4 Å². The van der Waals surface area contributed by atoms with Gasteiger partial charge < -0.3 is 25.2 Å². The van der Waals surface area contributed by atoms with Gasteiger partial charge in [-0.15, -0.1) is 0 Å². The molecule has 11 nitrogen and oxygen atoms in total. The molecular weight excluding hydrogens is 625 g/mol. The van der Waals surface area contributed by atoms with E-state index < -0.39 is 51.1 Å². The Morgan fingerprint density at radius 3 is 1.55 bits per heavy atom. The lowest BCUT2D eigenvalue weighted by Gasteiger charge is -2.20. The molecule has 4 N–H and O–H groups in total. The van der Waals surface area contributed by atoms with Crippen molar-refractivity contribution < 1.29 is 47.5 Å². The number of rotatable bonds is 34. The summed E-state index contributed by atoms with van der Waals surface area (Å²) in [7, 11) is -4.70. The van der Waals surface area contributed by atoms with E-state index in [1.54, 1.807) is 0 Å². The van der Waals surface area contributed by atoms with Crippen molar-refractivity contribution in [3.8, 4) is 0 Å². The Labute approximate surface area is 284 Å². The highest BCUT2D eigenvalue weighted by atomic mass is 31.2. The van der Waals surface area contributed by atoms with Crippen molar-refractivity contribution in [3.05, 3.63) is 12.2 Å². The molecule has 0 aliphatic heterocycles. The first kappa shape index (κ1) is 45.2. The number of nitrogens with two attached hydrogens (primary N) is 1. The molecule has 1 unspecified atom stereocenters. The first-order valence-electron chi connectivity index (χ1n) is 18.2. The molecule has 276 valence electrons. The fraction of sp³-hybridized carbons (Fsp3) is 0.857. The van der Waals surface area contributed by atoms with Crippen LogP contribution in [-0.2, 0) is 37.5 Å². The third-order valence-electron chi connectivity index (χ3n) is 7.76. The number of carbonyl (C=O) groups excluding carboxylic acids is 2. The van der Waals surface area contributed by atoms with Gasteiger partial charge in [-0.1, -0.05) is 122 Å². The highest BCUT2D eigenvalue weighted by molar-refractivity contribution is 7.47. The van der Waals surface area contributed by atoms with E-state index in [1.165, 1.54) is 64.2 Å². The summed E-state index contributed by atoms with van der Waals surface area (Å²) < 4.78 is 32.4. The number of hydrogen-bond donors (Lipinski definition) is 3. The van der Waals surface area contributed by atoms with E-state index >= 15 is 0 Å². The Morgan fingerprint density at radius 1 is 0.638 bits per heavy atom. The van der Waals surface area contributed by atoms with Gasteiger partial charge in [0.15, 0.2) is 6.10 Å². The summed E-state index contributed by atoms with van der Waals surface area (Å²) in [6.45, 7) is 2.74. The molecule has 3 atom stereocenters. The summed E-state index contributed by atoms with van der Waals surface area (Å²) >= 11 is 0. The molecule has 0 saturated carbocycles. The Hall–Kier alpha value is -1.78. The second-order valence-electron chi connectivity index (χ2n) is 12.4. The predicted molar refractivity (Wildman–Crippen MR) is 185 cm³/mol. The van der Waals surface area contributed by atoms with E-state index in [0.29, 0.717) is 12.8 Å². The van der Waals surface area contributed by atoms with Crippen molar-refractivity contribution >= 4 is 25.7 Å². The minimum atomic E-state index is -4.70. The number of unbranched alkanes of at least 4 members (excludes halogenated alkanes) is 18. The van der Waals surface area contributed by atoms with Crippen LogP contribution < -0.4 is 5.73 Å². The number of carboxylic acid groups (broad SMARTS) is 1. The van der Waals surface area contributed by atoms with Crippen molar-refractivity contribution in [1.82, 2.24) is 0 Å². The first-order chi connectivity index (χ1) is 22.6. The number of aliphatic carboxylic acids is 1. The number of carboxylic acids is 1. The lowest BCUT2D eigenvalue weighted by atomic mass is 10.1. The number of ether oxygens (including phenoxy) is 2. The van der Waals surface area contributed by atoms with Gasteiger partial charge in [-0.2, -0.15) is 0 Å². The SMILES string of the molecule is CCCCCCC/C=C\CCCCCCCC(=O)O[C@H](COC(=O)CCCCCCCCCCC)COP(=O)(O)OC[C@H](N)C(=O)O. The van der Waals surface area contributed by atoms with Gasteiger partial charge in [-0.05, 0) is 38.5 Å². The van der Waals surface area contributed by atoms with Gasteiger partial charge in [0.05, 0.1) is 13.2 Å². The average Bonchev–Trinajstić information content (AvgIpc) is 3.04. The van der Waals surface area contributed by atoms with Crippen LogP contribution in [-0.4, -0.2) is 59.9 Å². The first-order valence-corrected chi connectivity index (χ1v) is 19.7. The molecule has 0 amide bonds. The van der Waals surface area contributed by atoms with E-state index in [4.69, 9.17) is 24.8 Å². The largest absolute Gasteiger partial charge is 0.480 e. The van der Waals surface area contributed by atoms with Crippen molar-refractivity contribution in [2.24, 2.45) is 5.73 Å². The molecule has 0 aromatic heterocycles. The number of hydrogen-bond acceptors (Lipinski definition) is 9. The van der Waals surface area contributed by atoms with Gasteiger partial charge in [0.2, 0.25) is 0 Å². The number of phosphoric ester groups is 1. The van der Waals surface area contributed by atoms with E-state index in [0.717, 1.165) is 57.8 Å². The van der Waals surface area contributed by atoms with Crippen LogP contribution in [0.25, 0.3) is 0 Å². The molecule has 0 aliphatic carbocycles. The van der Waals surface area contributed by atoms with Crippen molar-refractivity contribution in [2.75, 3.05) is 19.8 Å². The van der Waals surface area contributed by atoms with Gasteiger partial charge in [-0.25, -0.2) is 4.57 Å². The standard InChI is InChI=1S/C35H66NO10P/c1-3-5-7-9-11-13-14-15-16-17-19-21-23-25-27-34(38)46-31(29-44-47(41,42)45-30-32(36)35(39)40)28-43-33(37)26-24-22-20-18-12-10-8-6-4-2/h14-15,31-32H,3-13,16-30,36H2,1-2H3,(H,39,40)(H,41,42)/b15-14-/t31-,32+/m1/s1. The van der Waals surface area contributed by atoms with Crippen LogP contribution in [0.1, 0.15) is 162 Å². The molecule has 0 saturated heterocycles. The van der Waals surface area contributed by atoms with Crippen molar-refractivity contribution in [3.63, 3.8) is 0 Å². The zero-order valence-electron chi connectivity index (χ0n) is 29.4. The molecule has 0 fully saturated rings. The van der Waals surface area contributed by atoms with Gasteiger partial charge in [0.1, 0.15) is 12.6 Å². The van der Waals surface area contributed by atoms with Crippen LogP contribution in [0.15, 0.2) is 12.2 Å². The fourth-order valence-electron chi connectivity index (χ4n) is 4.82. The summed E-state index contributed by atoms with van der Waals surface area (Å²) in [6, 6.07) is -1.52. The topological polar surface area (TPSA) is 172 Å². The highest BCUT2D eigenvalue weighted by Crippen LogP contribution is 2.43. The lowest BCUT2D eigenvalue weighted by molar-refractivity contribution is -0.161. The minimum absolute atomic E-state index is 0.154.